The van der Waals surface area contributed by atoms with Gasteiger partial charge in [0.2, 0.25) is 5.13 Å². The number of nitrogens with zero attached hydrogens (tertiary/aromatic N) is 3. The van der Waals surface area contributed by atoms with Crippen molar-refractivity contribution in [3.05, 3.63) is 40.7 Å². The van der Waals surface area contributed by atoms with Crippen LogP contribution >= 0.6 is 22.7 Å². The highest BCUT2D eigenvalue weighted by atomic mass is 32.1. The van der Waals surface area contributed by atoms with Crippen molar-refractivity contribution in [2.45, 2.75) is 6.92 Å². The van der Waals surface area contributed by atoms with Gasteiger partial charge < -0.3 is 0 Å². The third-order valence-corrected chi connectivity index (χ3v) is 4.26. The van der Waals surface area contributed by atoms with Crippen LogP contribution in [0.5, 0.6) is 0 Å². The summed E-state index contributed by atoms with van der Waals surface area (Å²) in [5.74, 6) is -1.61. The normalized spacial score (nSPS) is 10.3. The van der Waals surface area contributed by atoms with Crippen LogP contribution < -0.4 is 10.6 Å². The maximum atomic E-state index is 11.9. The quantitative estimate of drug-likeness (QED) is 0.711. The number of carbonyl (C=O) groups excluding carboxylic acids is 2. The number of thiazole rings is 1. The first-order valence-corrected chi connectivity index (χ1v) is 8.25. The smallest absolute Gasteiger partial charge is 0.294 e. The Morgan fingerprint density at radius 2 is 1.70 bits per heavy atom. The molecule has 0 fully saturated rings. The van der Waals surface area contributed by atoms with Gasteiger partial charge in [-0.25, -0.2) is 4.98 Å². The predicted octanol–water partition coefficient (Wildman–Crippen LogP) is 2.55. The molecule has 3 aromatic rings. The summed E-state index contributed by atoms with van der Waals surface area (Å²) in [5, 5.41) is 15.5. The molecule has 2 heterocycles. The van der Waals surface area contributed by atoms with E-state index in [0.717, 1.165) is 11.3 Å². The van der Waals surface area contributed by atoms with Crippen LogP contribution in [0.2, 0.25) is 0 Å². The molecule has 2 aromatic heterocycles. The molecule has 2 N–H and O–H groups in total. The van der Waals surface area contributed by atoms with Crippen LogP contribution in [0.25, 0.3) is 11.3 Å². The average Bonchev–Trinajstić information content (AvgIpc) is 3.17. The van der Waals surface area contributed by atoms with Gasteiger partial charge in [-0.2, -0.15) is 0 Å². The topological polar surface area (TPSA) is 96.9 Å². The lowest BCUT2D eigenvalue weighted by molar-refractivity contribution is -0.133. The largest absolute Gasteiger partial charge is 0.315 e. The predicted molar refractivity (Wildman–Crippen MR) is 89.5 cm³/mol. The number of benzene rings is 1. The summed E-state index contributed by atoms with van der Waals surface area (Å²) in [6.45, 7) is 1.76. The SMILES string of the molecule is Cc1nnc(NC(=O)C(=O)Nc2nc(-c3ccccc3)cs2)s1. The molecule has 116 valence electrons. The van der Waals surface area contributed by atoms with E-state index in [1.54, 1.807) is 6.92 Å². The van der Waals surface area contributed by atoms with Crippen LogP contribution in [0.1, 0.15) is 5.01 Å². The number of hydrogen-bond acceptors (Lipinski definition) is 7. The summed E-state index contributed by atoms with van der Waals surface area (Å²) in [7, 11) is 0. The van der Waals surface area contributed by atoms with Gasteiger partial charge in [0.05, 0.1) is 5.69 Å². The van der Waals surface area contributed by atoms with Gasteiger partial charge in [-0.1, -0.05) is 41.7 Å². The Kier molecular flexibility index (Phi) is 4.40. The summed E-state index contributed by atoms with van der Waals surface area (Å²) in [4.78, 5) is 28.0. The lowest BCUT2D eigenvalue weighted by Gasteiger charge is -2.00. The van der Waals surface area contributed by atoms with Crippen molar-refractivity contribution in [3.63, 3.8) is 0 Å². The molecule has 0 aliphatic rings. The highest BCUT2D eigenvalue weighted by Crippen LogP contribution is 2.24. The zero-order chi connectivity index (χ0) is 16.2. The first kappa shape index (κ1) is 15.3. The van der Waals surface area contributed by atoms with Crippen LogP contribution in [0, 0.1) is 6.92 Å². The molecule has 1 aromatic carbocycles. The molecule has 23 heavy (non-hydrogen) atoms. The molecule has 0 bridgehead atoms. The molecule has 3 rings (SSSR count). The summed E-state index contributed by atoms with van der Waals surface area (Å²) in [6, 6.07) is 9.57. The third-order valence-electron chi connectivity index (χ3n) is 2.75. The van der Waals surface area contributed by atoms with E-state index >= 15 is 0 Å². The lowest BCUT2D eigenvalue weighted by atomic mass is 10.2. The van der Waals surface area contributed by atoms with Gasteiger partial charge in [0.15, 0.2) is 5.13 Å². The molecule has 7 nitrogen and oxygen atoms in total. The van der Waals surface area contributed by atoms with E-state index < -0.39 is 11.8 Å². The van der Waals surface area contributed by atoms with Crippen LogP contribution in [0.15, 0.2) is 35.7 Å². The Balaban J connectivity index is 1.64. The Morgan fingerprint density at radius 1 is 1.00 bits per heavy atom. The number of aromatic nitrogens is 3. The maximum absolute atomic E-state index is 11.9. The molecular weight excluding hydrogens is 334 g/mol. The zero-order valence-corrected chi connectivity index (χ0v) is 13.6. The molecule has 9 heteroatoms. The first-order valence-electron chi connectivity index (χ1n) is 6.55. The number of rotatable bonds is 3. The van der Waals surface area contributed by atoms with E-state index in [0.29, 0.717) is 10.1 Å². The van der Waals surface area contributed by atoms with Crippen molar-refractivity contribution in [1.82, 2.24) is 15.2 Å². The van der Waals surface area contributed by atoms with E-state index in [1.807, 2.05) is 35.7 Å². The summed E-state index contributed by atoms with van der Waals surface area (Å²) in [5.41, 5.74) is 1.68. The third kappa shape index (κ3) is 3.76. The number of hydrogen-bond donors (Lipinski definition) is 2. The standard InChI is InChI=1S/C14H11N5O2S2/c1-8-18-19-14(23-8)17-12(21)11(20)16-13-15-10(7-22-13)9-5-3-2-4-6-9/h2-7H,1H3,(H,15,16,20)(H,17,19,21). The van der Waals surface area contributed by atoms with Crippen molar-refractivity contribution < 1.29 is 9.59 Å². The maximum Gasteiger partial charge on any atom is 0.315 e. The molecule has 0 saturated heterocycles. The van der Waals surface area contributed by atoms with Gasteiger partial charge in [0.1, 0.15) is 5.01 Å². The lowest BCUT2D eigenvalue weighted by Crippen LogP contribution is -2.29. The summed E-state index contributed by atoms with van der Waals surface area (Å²) < 4.78 is 0. The minimum Gasteiger partial charge on any atom is -0.294 e. The Bertz CT molecular complexity index is 844. The van der Waals surface area contributed by atoms with E-state index in [1.165, 1.54) is 22.7 Å². The van der Waals surface area contributed by atoms with Gasteiger partial charge in [-0.3, -0.25) is 20.2 Å². The van der Waals surface area contributed by atoms with E-state index in [9.17, 15) is 9.59 Å². The zero-order valence-electron chi connectivity index (χ0n) is 11.9. The van der Waals surface area contributed by atoms with E-state index in [4.69, 9.17) is 0 Å². The van der Waals surface area contributed by atoms with Crippen molar-refractivity contribution in [2.75, 3.05) is 10.6 Å². The fourth-order valence-electron chi connectivity index (χ4n) is 1.73. The van der Waals surface area contributed by atoms with E-state index in [-0.39, 0.29) is 5.13 Å². The van der Waals surface area contributed by atoms with Crippen molar-refractivity contribution >= 4 is 44.8 Å². The van der Waals surface area contributed by atoms with E-state index in [2.05, 4.69) is 25.8 Å². The first-order chi connectivity index (χ1) is 11.1. The fraction of sp³-hybridized carbons (Fsp3) is 0.0714. The number of anilines is 2. The van der Waals surface area contributed by atoms with Crippen molar-refractivity contribution in [1.29, 1.82) is 0 Å². The van der Waals surface area contributed by atoms with Gasteiger partial charge in [0.25, 0.3) is 0 Å². The Labute approximate surface area is 139 Å². The molecule has 0 radical (unpaired) electrons. The Hall–Kier alpha value is -2.65. The number of nitrogens with one attached hydrogen (secondary N) is 2. The average molecular weight is 345 g/mol. The van der Waals surface area contributed by atoms with Crippen LogP contribution in [-0.4, -0.2) is 27.0 Å². The number of amides is 2. The molecule has 0 aliphatic heterocycles. The molecular formula is C14H11N5O2S2. The summed E-state index contributed by atoms with van der Waals surface area (Å²) in [6.07, 6.45) is 0. The van der Waals surface area contributed by atoms with Crippen LogP contribution in [0.4, 0.5) is 10.3 Å². The second kappa shape index (κ2) is 6.63. The number of carbonyl (C=O) groups is 2. The van der Waals surface area contributed by atoms with Gasteiger partial charge in [-0.15, -0.1) is 21.5 Å². The summed E-state index contributed by atoms with van der Waals surface area (Å²) >= 11 is 2.45. The van der Waals surface area contributed by atoms with Crippen LogP contribution in [-0.2, 0) is 9.59 Å². The van der Waals surface area contributed by atoms with Crippen LogP contribution in [0.3, 0.4) is 0 Å². The highest BCUT2D eigenvalue weighted by Gasteiger charge is 2.17. The molecule has 0 unspecified atom stereocenters. The minimum atomic E-state index is -0.808. The molecule has 0 atom stereocenters. The number of aryl methyl sites for hydroxylation is 1. The second-order valence-corrected chi connectivity index (χ2v) is 6.48. The molecule has 0 aliphatic carbocycles. The second-order valence-electron chi connectivity index (χ2n) is 4.44. The molecule has 2 amide bonds. The minimum absolute atomic E-state index is 0.284. The monoisotopic (exact) mass is 345 g/mol. The van der Waals surface area contributed by atoms with Gasteiger partial charge >= 0.3 is 11.8 Å². The van der Waals surface area contributed by atoms with Crippen molar-refractivity contribution in [3.8, 4) is 11.3 Å². The molecule has 0 saturated carbocycles. The van der Waals surface area contributed by atoms with Crippen molar-refractivity contribution in [2.24, 2.45) is 0 Å². The highest BCUT2D eigenvalue weighted by molar-refractivity contribution is 7.15. The fourth-order valence-corrected chi connectivity index (χ4v) is 3.03. The van der Waals surface area contributed by atoms with Gasteiger partial charge in [0, 0.05) is 10.9 Å². The molecule has 0 spiro atoms. The van der Waals surface area contributed by atoms with Gasteiger partial charge in [-0.05, 0) is 6.92 Å². The Morgan fingerprint density at radius 3 is 2.35 bits per heavy atom.